The maximum atomic E-state index is 4.29. The summed E-state index contributed by atoms with van der Waals surface area (Å²) in [5, 5.41) is 6.82. The molecule has 20 heavy (non-hydrogen) atoms. The highest BCUT2D eigenvalue weighted by molar-refractivity contribution is 5.79. The quantitative estimate of drug-likeness (QED) is 0.647. The molecule has 2 N–H and O–H groups in total. The molecule has 1 aromatic rings. The Morgan fingerprint density at radius 2 is 2.15 bits per heavy atom. The summed E-state index contributed by atoms with van der Waals surface area (Å²) in [5.41, 5.74) is 2.63. The highest BCUT2D eigenvalue weighted by atomic mass is 15.2. The van der Waals surface area contributed by atoms with Crippen molar-refractivity contribution in [2.24, 2.45) is 10.9 Å². The van der Waals surface area contributed by atoms with Gasteiger partial charge in [-0.1, -0.05) is 24.3 Å². The van der Waals surface area contributed by atoms with Gasteiger partial charge in [0.15, 0.2) is 5.96 Å². The van der Waals surface area contributed by atoms with E-state index in [9.17, 15) is 0 Å². The Balaban J connectivity index is 1.77. The van der Waals surface area contributed by atoms with Gasteiger partial charge < -0.3 is 15.5 Å². The minimum atomic E-state index is 0.733. The van der Waals surface area contributed by atoms with Crippen LogP contribution in [0.2, 0.25) is 0 Å². The molecule has 0 aliphatic carbocycles. The van der Waals surface area contributed by atoms with Gasteiger partial charge in [-0.05, 0) is 44.0 Å². The summed E-state index contributed by atoms with van der Waals surface area (Å²) >= 11 is 0. The second-order valence-corrected chi connectivity index (χ2v) is 5.65. The van der Waals surface area contributed by atoms with Gasteiger partial charge in [0.2, 0.25) is 0 Å². The van der Waals surface area contributed by atoms with Crippen LogP contribution in [0.5, 0.6) is 0 Å². The number of nitrogens with zero attached hydrogens (tertiary/aromatic N) is 2. The van der Waals surface area contributed by atoms with Crippen molar-refractivity contribution in [3.8, 4) is 0 Å². The predicted octanol–water partition coefficient (Wildman–Crippen LogP) is 1.61. The van der Waals surface area contributed by atoms with Gasteiger partial charge in [-0.15, -0.1) is 0 Å². The third-order valence-corrected chi connectivity index (χ3v) is 3.98. The van der Waals surface area contributed by atoms with Crippen LogP contribution in [0.25, 0.3) is 0 Å². The van der Waals surface area contributed by atoms with E-state index in [-0.39, 0.29) is 0 Å². The van der Waals surface area contributed by atoms with Crippen molar-refractivity contribution in [1.82, 2.24) is 15.5 Å². The highest BCUT2D eigenvalue weighted by Crippen LogP contribution is 2.12. The van der Waals surface area contributed by atoms with Crippen molar-refractivity contribution in [3.63, 3.8) is 0 Å². The number of guanidine groups is 1. The number of aryl methyl sites for hydroxylation is 1. The lowest BCUT2D eigenvalue weighted by atomic mass is 10.1. The lowest BCUT2D eigenvalue weighted by molar-refractivity contribution is 0.394. The van der Waals surface area contributed by atoms with E-state index >= 15 is 0 Å². The summed E-state index contributed by atoms with van der Waals surface area (Å²) in [4.78, 5) is 6.68. The first-order valence-corrected chi connectivity index (χ1v) is 7.36. The molecule has 1 aliphatic heterocycles. The van der Waals surface area contributed by atoms with E-state index in [1.165, 1.54) is 30.6 Å². The van der Waals surface area contributed by atoms with Gasteiger partial charge in [0.25, 0.3) is 0 Å². The molecule has 0 amide bonds. The summed E-state index contributed by atoms with van der Waals surface area (Å²) in [5.74, 6) is 1.62. The first-order chi connectivity index (χ1) is 9.69. The third-order valence-electron chi connectivity index (χ3n) is 3.98. The topological polar surface area (TPSA) is 39.7 Å². The zero-order valence-electron chi connectivity index (χ0n) is 12.8. The molecule has 1 fully saturated rings. The zero-order valence-corrected chi connectivity index (χ0v) is 12.8. The van der Waals surface area contributed by atoms with Crippen LogP contribution in [0.4, 0.5) is 0 Å². The monoisotopic (exact) mass is 274 g/mol. The minimum absolute atomic E-state index is 0.733. The standard InChI is InChI=1S/C16H26N4/c1-13-6-4-5-7-15(13)11-19-16(17-2)18-10-14-8-9-20(3)12-14/h4-7,14H,8-12H2,1-3H3,(H2,17,18,19). The van der Waals surface area contributed by atoms with Crippen molar-refractivity contribution in [1.29, 1.82) is 0 Å². The molecule has 0 saturated carbocycles. The van der Waals surface area contributed by atoms with Crippen LogP contribution in [0, 0.1) is 12.8 Å². The molecule has 0 aromatic heterocycles. The van der Waals surface area contributed by atoms with E-state index in [4.69, 9.17) is 0 Å². The maximum Gasteiger partial charge on any atom is 0.191 e. The summed E-state index contributed by atoms with van der Waals surface area (Å²) in [7, 11) is 4.01. The summed E-state index contributed by atoms with van der Waals surface area (Å²) in [6, 6.07) is 8.44. The van der Waals surface area contributed by atoms with E-state index in [1.807, 2.05) is 7.05 Å². The smallest absolute Gasteiger partial charge is 0.191 e. The molecule has 1 aromatic carbocycles. The first kappa shape index (κ1) is 14.9. The zero-order chi connectivity index (χ0) is 14.4. The Bertz CT molecular complexity index is 456. The van der Waals surface area contributed by atoms with Gasteiger partial charge in [0.1, 0.15) is 0 Å². The fourth-order valence-electron chi connectivity index (χ4n) is 2.64. The van der Waals surface area contributed by atoms with Crippen LogP contribution in [0.3, 0.4) is 0 Å². The van der Waals surface area contributed by atoms with Crippen molar-refractivity contribution >= 4 is 5.96 Å². The second kappa shape index (κ2) is 7.29. The average Bonchev–Trinajstić information content (AvgIpc) is 2.86. The van der Waals surface area contributed by atoms with Gasteiger partial charge in [0.05, 0.1) is 0 Å². The molecule has 110 valence electrons. The molecule has 0 radical (unpaired) electrons. The molecule has 1 saturated heterocycles. The number of likely N-dealkylation sites (tertiary alicyclic amines) is 1. The van der Waals surface area contributed by atoms with Crippen molar-refractivity contribution in [2.75, 3.05) is 33.7 Å². The van der Waals surface area contributed by atoms with Crippen molar-refractivity contribution < 1.29 is 0 Å². The Morgan fingerprint density at radius 3 is 2.80 bits per heavy atom. The molecule has 1 unspecified atom stereocenters. The number of benzene rings is 1. The van der Waals surface area contributed by atoms with Crippen LogP contribution in [-0.4, -0.2) is 44.6 Å². The third kappa shape index (κ3) is 4.23. The average molecular weight is 274 g/mol. The van der Waals surface area contributed by atoms with Crippen LogP contribution >= 0.6 is 0 Å². The van der Waals surface area contributed by atoms with Crippen molar-refractivity contribution in [2.45, 2.75) is 19.9 Å². The lowest BCUT2D eigenvalue weighted by Gasteiger charge is -2.16. The summed E-state index contributed by atoms with van der Waals surface area (Å²) in [6.45, 7) is 6.35. The number of aliphatic imine (C=N–C) groups is 1. The van der Waals surface area contributed by atoms with Gasteiger partial charge >= 0.3 is 0 Å². The normalized spacial score (nSPS) is 20.1. The summed E-state index contributed by atoms with van der Waals surface area (Å²) < 4.78 is 0. The largest absolute Gasteiger partial charge is 0.356 e. The Kier molecular flexibility index (Phi) is 5.41. The molecule has 1 heterocycles. The molecule has 0 bridgehead atoms. The Labute approximate surface area is 122 Å². The molecule has 2 rings (SSSR count). The van der Waals surface area contributed by atoms with Gasteiger partial charge in [-0.2, -0.15) is 0 Å². The molecule has 4 nitrogen and oxygen atoms in total. The van der Waals surface area contributed by atoms with Gasteiger partial charge in [-0.25, -0.2) is 0 Å². The van der Waals surface area contributed by atoms with E-state index < -0.39 is 0 Å². The van der Waals surface area contributed by atoms with Crippen LogP contribution in [0.15, 0.2) is 29.3 Å². The van der Waals surface area contributed by atoms with Crippen LogP contribution in [-0.2, 0) is 6.54 Å². The van der Waals surface area contributed by atoms with E-state index in [1.54, 1.807) is 0 Å². The second-order valence-electron chi connectivity index (χ2n) is 5.65. The van der Waals surface area contributed by atoms with E-state index in [0.29, 0.717) is 0 Å². The molecular formula is C16H26N4. The minimum Gasteiger partial charge on any atom is -0.356 e. The van der Waals surface area contributed by atoms with Crippen LogP contribution in [0.1, 0.15) is 17.5 Å². The first-order valence-electron chi connectivity index (χ1n) is 7.36. The fourth-order valence-corrected chi connectivity index (χ4v) is 2.64. The molecule has 1 aliphatic rings. The highest BCUT2D eigenvalue weighted by Gasteiger charge is 2.19. The maximum absolute atomic E-state index is 4.29. The number of hydrogen-bond acceptors (Lipinski definition) is 2. The fraction of sp³-hybridized carbons (Fsp3) is 0.562. The lowest BCUT2D eigenvalue weighted by Crippen LogP contribution is -2.39. The molecule has 0 spiro atoms. The SMILES string of the molecule is CN=C(NCc1ccccc1C)NCC1CCN(C)C1. The van der Waals surface area contributed by atoms with E-state index in [0.717, 1.165) is 25.0 Å². The number of rotatable bonds is 4. The Morgan fingerprint density at radius 1 is 1.35 bits per heavy atom. The molecule has 4 heteroatoms. The predicted molar refractivity (Wildman–Crippen MR) is 85.0 cm³/mol. The number of nitrogens with one attached hydrogen (secondary N) is 2. The number of hydrogen-bond donors (Lipinski definition) is 2. The molecular weight excluding hydrogens is 248 g/mol. The van der Waals surface area contributed by atoms with Crippen LogP contribution < -0.4 is 10.6 Å². The van der Waals surface area contributed by atoms with Gasteiger partial charge in [0, 0.05) is 26.7 Å². The van der Waals surface area contributed by atoms with Crippen molar-refractivity contribution in [3.05, 3.63) is 35.4 Å². The van der Waals surface area contributed by atoms with E-state index in [2.05, 4.69) is 58.8 Å². The van der Waals surface area contributed by atoms with Gasteiger partial charge in [-0.3, -0.25) is 4.99 Å². The Hall–Kier alpha value is -1.55. The summed E-state index contributed by atoms with van der Waals surface area (Å²) in [6.07, 6.45) is 1.28. The molecule has 1 atom stereocenters.